The van der Waals surface area contributed by atoms with E-state index < -0.39 is 11.9 Å². The molecule has 2 nitrogen and oxygen atoms in total. The van der Waals surface area contributed by atoms with E-state index in [1.54, 1.807) is 24.3 Å². The summed E-state index contributed by atoms with van der Waals surface area (Å²) >= 11 is 2.71. The zero-order valence-electron chi connectivity index (χ0n) is 12.1. The highest BCUT2D eigenvalue weighted by atomic mass is 32.1. The second-order valence-electron chi connectivity index (χ2n) is 4.98. The van der Waals surface area contributed by atoms with Gasteiger partial charge in [0.25, 0.3) is 0 Å². The number of hydrogen-bond donors (Lipinski definition) is 1. The van der Waals surface area contributed by atoms with Crippen molar-refractivity contribution in [2.24, 2.45) is 5.92 Å². The summed E-state index contributed by atoms with van der Waals surface area (Å²) in [6.07, 6.45) is 2.50. The highest BCUT2D eigenvalue weighted by molar-refractivity contribution is 7.22. The van der Waals surface area contributed by atoms with Crippen LogP contribution in [0.1, 0.15) is 31.2 Å². The third-order valence-corrected chi connectivity index (χ3v) is 5.75. The summed E-state index contributed by atoms with van der Waals surface area (Å²) in [5.74, 6) is -1.23. The molecule has 0 aliphatic carbocycles. The summed E-state index contributed by atoms with van der Waals surface area (Å²) in [6.45, 7) is 5.68. The molecule has 0 aromatic carbocycles. The molecular weight excluding hydrogens is 307 g/mol. The number of carbonyl (C=O) groups is 1. The summed E-state index contributed by atoms with van der Waals surface area (Å²) in [7, 11) is 0. The minimum Gasteiger partial charge on any atom is -0.481 e. The summed E-state index contributed by atoms with van der Waals surface area (Å²) in [4.78, 5) is 14.0. The normalized spacial score (nSPS) is 13.4. The maximum Gasteiger partial charge on any atom is 0.306 e. The van der Waals surface area contributed by atoms with Gasteiger partial charge in [0, 0.05) is 14.6 Å². The number of carboxylic acid groups (broad SMARTS) is 1. The number of allylic oxidation sites excluding steroid dienone is 2. The molecule has 2 aromatic rings. The lowest BCUT2D eigenvalue weighted by molar-refractivity contribution is -0.141. The second-order valence-corrected chi connectivity index (χ2v) is 7.07. The van der Waals surface area contributed by atoms with E-state index in [9.17, 15) is 9.18 Å². The quantitative estimate of drug-likeness (QED) is 0.810. The Morgan fingerprint density at radius 3 is 2.62 bits per heavy atom. The van der Waals surface area contributed by atoms with Crippen molar-refractivity contribution in [1.82, 2.24) is 0 Å². The van der Waals surface area contributed by atoms with Crippen LogP contribution in [-0.2, 0) is 11.2 Å². The van der Waals surface area contributed by atoms with Gasteiger partial charge in [0.2, 0.25) is 0 Å². The standard InChI is InChI=1S/C16H17FO2S2/c1-4-9(2)15-11(7-10(3)16(18)19)8-13(21-15)12-5-6-14(17)20-12/h4-6,8,10H,7H2,1-3H3,(H,18,19). The first kappa shape index (κ1) is 15.9. The molecule has 1 atom stereocenters. The van der Waals surface area contributed by atoms with Gasteiger partial charge < -0.3 is 5.11 Å². The Kier molecular flexibility index (Phi) is 4.96. The van der Waals surface area contributed by atoms with Gasteiger partial charge in [0.05, 0.1) is 5.92 Å². The molecule has 1 N–H and O–H groups in total. The Morgan fingerprint density at radius 2 is 2.10 bits per heavy atom. The van der Waals surface area contributed by atoms with Crippen LogP contribution < -0.4 is 0 Å². The summed E-state index contributed by atoms with van der Waals surface area (Å²) < 4.78 is 13.2. The maximum atomic E-state index is 13.2. The third kappa shape index (κ3) is 3.60. The second kappa shape index (κ2) is 6.54. The summed E-state index contributed by atoms with van der Waals surface area (Å²) in [5.41, 5.74) is 2.14. The molecule has 2 heterocycles. The van der Waals surface area contributed by atoms with E-state index in [1.165, 1.54) is 6.07 Å². The van der Waals surface area contributed by atoms with Crippen LogP contribution in [0.2, 0.25) is 0 Å². The lowest BCUT2D eigenvalue weighted by Crippen LogP contribution is -2.12. The molecule has 1 unspecified atom stereocenters. The van der Waals surface area contributed by atoms with Crippen molar-refractivity contribution in [3.05, 3.63) is 39.8 Å². The number of thiophene rings is 2. The van der Waals surface area contributed by atoms with Gasteiger partial charge >= 0.3 is 5.97 Å². The molecule has 2 aromatic heterocycles. The van der Waals surface area contributed by atoms with Gasteiger partial charge in [-0.3, -0.25) is 4.79 Å². The van der Waals surface area contributed by atoms with Crippen molar-refractivity contribution in [3.8, 4) is 9.75 Å². The monoisotopic (exact) mass is 324 g/mol. The van der Waals surface area contributed by atoms with Crippen LogP contribution in [0, 0.1) is 11.0 Å². The molecule has 0 bridgehead atoms. The van der Waals surface area contributed by atoms with Crippen LogP contribution in [0.4, 0.5) is 4.39 Å². The first-order valence-electron chi connectivity index (χ1n) is 6.67. The highest BCUT2D eigenvalue weighted by Crippen LogP contribution is 2.39. The molecular formula is C16H17FO2S2. The molecule has 112 valence electrons. The van der Waals surface area contributed by atoms with Crippen LogP contribution in [0.3, 0.4) is 0 Å². The van der Waals surface area contributed by atoms with Gasteiger partial charge in [0.15, 0.2) is 5.13 Å². The molecule has 5 heteroatoms. The summed E-state index contributed by atoms with van der Waals surface area (Å²) in [6, 6.07) is 5.23. The number of carboxylic acids is 1. The minimum absolute atomic E-state index is 0.205. The fourth-order valence-electron chi connectivity index (χ4n) is 2.03. The largest absolute Gasteiger partial charge is 0.481 e. The molecule has 0 aliphatic heterocycles. The molecule has 21 heavy (non-hydrogen) atoms. The zero-order valence-corrected chi connectivity index (χ0v) is 13.8. The Hall–Kier alpha value is -1.46. The van der Waals surface area contributed by atoms with Crippen LogP contribution in [0.15, 0.2) is 24.3 Å². The first-order valence-corrected chi connectivity index (χ1v) is 8.30. The van der Waals surface area contributed by atoms with Crippen molar-refractivity contribution in [3.63, 3.8) is 0 Å². The SMILES string of the molecule is CC=C(C)c1sc(-c2ccc(F)s2)cc1CC(C)C(=O)O. The molecule has 0 amide bonds. The maximum absolute atomic E-state index is 13.2. The van der Waals surface area contributed by atoms with Gasteiger partial charge in [-0.1, -0.05) is 13.0 Å². The van der Waals surface area contributed by atoms with E-state index in [4.69, 9.17) is 5.11 Å². The number of rotatable bonds is 5. The molecule has 0 aliphatic rings. The van der Waals surface area contributed by atoms with Gasteiger partial charge in [-0.05, 0) is 49.6 Å². The molecule has 0 saturated heterocycles. The lowest BCUT2D eigenvalue weighted by atomic mass is 9.99. The van der Waals surface area contributed by atoms with Crippen LogP contribution >= 0.6 is 22.7 Å². The van der Waals surface area contributed by atoms with E-state index in [2.05, 4.69) is 0 Å². The van der Waals surface area contributed by atoms with Gasteiger partial charge in [-0.25, -0.2) is 0 Å². The summed E-state index contributed by atoms with van der Waals surface area (Å²) in [5, 5.41) is 8.89. The molecule has 0 spiro atoms. The average molecular weight is 324 g/mol. The zero-order chi connectivity index (χ0) is 15.6. The van der Waals surface area contributed by atoms with E-state index >= 15 is 0 Å². The first-order chi connectivity index (χ1) is 9.92. The predicted molar refractivity (Wildman–Crippen MR) is 87.4 cm³/mol. The third-order valence-electron chi connectivity index (χ3n) is 3.36. The number of halogens is 1. The van der Waals surface area contributed by atoms with Crippen LogP contribution in [0.5, 0.6) is 0 Å². The van der Waals surface area contributed by atoms with E-state index in [1.807, 2.05) is 26.0 Å². The van der Waals surface area contributed by atoms with Crippen molar-refractivity contribution in [2.75, 3.05) is 0 Å². The Morgan fingerprint density at radius 1 is 1.38 bits per heavy atom. The molecule has 2 rings (SSSR count). The Labute approximate surface area is 131 Å². The van der Waals surface area contributed by atoms with Crippen molar-refractivity contribution in [1.29, 1.82) is 0 Å². The predicted octanol–water partition coefficient (Wildman–Crippen LogP) is 5.30. The Bertz CT molecular complexity index is 682. The Balaban J connectivity index is 2.42. The lowest BCUT2D eigenvalue weighted by Gasteiger charge is -2.07. The molecule has 0 saturated carbocycles. The van der Waals surface area contributed by atoms with Gasteiger partial charge in [0.1, 0.15) is 0 Å². The van der Waals surface area contributed by atoms with Crippen molar-refractivity contribution >= 4 is 34.2 Å². The van der Waals surface area contributed by atoms with Crippen LogP contribution in [0.25, 0.3) is 15.3 Å². The van der Waals surface area contributed by atoms with Gasteiger partial charge in [-0.2, -0.15) is 4.39 Å². The molecule has 0 fully saturated rings. The fraction of sp³-hybridized carbons (Fsp3) is 0.312. The van der Waals surface area contributed by atoms with Gasteiger partial charge in [-0.15, -0.1) is 22.7 Å². The van der Waals surface area contributed by atoms with Crippen LogP contribution in [-0.4, -0.2) is 11.1 Å². The average Bonchev–Trinajstić information content (AvgIpc) is 3.04. The van der Waals surface area contributed by atoms with Crippen molar-refractivity contribution in [2.45, 2.75) is 27.2 Å². The van der Waals surface area contributed by atoms with Crippen molar-refractivity contribution < 1.29 is 14.3 Å². The smallest absolute Gasteiger partial charge is 0.306 e. The highest BCUT2D eigenvalue weighted by Gasteiger charge is 2.18. The number of aliphatic carboxylic acids is 1. The van der Waals surface area contributed by atoms with E-state index in [0.717, 1.165) is 37.1 Å². The van der Waals surface area contributed by atoms with E-state index in [-0.39, 0.29) is 5.13 Å². The van der Waals surface area contributed by atoms with E-state index in [0.29, 0.717) is 6.42 Å². The molecule has 0 radical (unpaired) electrons. The number of hydrogen-bond acceptors (Lipinski definition) is 3. The minimum atomic E-state index is -0.797. The topological polar surface area (TPSA) is 37.3 Å². The fourth-order valence-corrected chi connectivity index (χ4v) is 4.06.